The summed E-state index contributed by atoms with van der Waals surface area (Å²) in [6, 6.07) is 14.0. The van der Waals surface area contributed by atoms with Crippen molar-refractivity contribution < 1.29 is 19.4 Å². The number of benzene rings is 3. The summed E-state index contributed by atoms with van der Waals surface area (Å²) in [5, 5.41) is 32.2. The van der Waals surface area contributed by atoms with Crippen LogP contribution < -0.4 is 0 Å². The minimum atomic E-state index is -0.898. The lowest BCUT2D eigenvalue weighted by Gasteiger charge is -2.01. The van der Waals surface area contributed by atoms with Crippen molar-refractivity contribution in [3.8, 4) is 17.2 Å². The van der Waals surface area contributed by atoms with Crippen molar-refractivity contribution in [1.82, 2.24) is 4.98 Å². The van der Waals surface area contributed by atoms with Crippen LogP contribution in [0.1, 0.15) is 5.56 Å². The number of rotatable bonds is 5. The van der Waals surface area contributed by atoms with Crippen molar-refractivity contribution in [3.63, 3.8) is 0 Å². The molecule has 1 N–H and O–H groups in total. The standard InChI is InChI=1S/C20H11BrN4O6/c21-15-4-2-1-3-14(15)20-23-16-8-12(5-6-18(16)31-20)22-10-11-7-13(24(27)28)9-17(19(11)26)25(29)30/h1-10,26H. The summed E-state index contributed by atoms with van der Waals surface area (Å²) in [4.78, 5) is 29.0. The van der Waals surface area contributed by atoms with Gasteiger partial charge in [0.1, 0.15) is 5.52 Å². The molecule has 1 aromatic heterocycles. The highest BCUT2D eigenvalue weighted by atomic mass is 79.9. The molecule has 0 saturated heterocycles. The van der Waals surface area contributed by atoms with Crippen molar-refractivity contribution >= 4 is 50.3 Å². The number of aliphatic imine (C=N–C) groups is 1. The lowest BCUT2D eigenvalue weighted by Crippen LogP contribution is -1.96. The monoisotopic (exact) mass is 482 g/mol. The molecule has 0 unspecified atom stereocenters. The normalized spacial score (nSPS) is 11.3. The number of oxazole rings is 1. The molecule has 0 aliphatic rings. The van der Waals surface area contributed by atoms with Crippen LogP contribution in [0.3, 0.4) is 0 Å². The second kappa shape index (κ2) is 7.95. The van der Waals surface area contributed by atoms with Crippen LogP contribution >= 0.6 is 15.9 Å². The van der Waals surface area contributed by atoms with E-state index in [2.05, 4.69) is 25.9 Å². The molecular weight excluding hydrogens is 472 g/mol. The highest BCUT2D eigenvalue weighted by Gasteiger charge is 2.23. The number of nitro groups is 2. The van der Waals surface area contributed by atoms with E-state index in [1.54, 1.807) is 18.2 Å². The Morgan fingerprint density at radius 3 is 2.55 bits per heavy atom. The average molecular weight is 483 g/mol. The Morgan fingerprint density at radius 2 is 1.84 bits per heavy atom. The van der Waals surface area contributed by atoms with Crippen LogP contribution in [-0.4, -0.2) is 26.2 Å². The summed E-state index contributed by atoms with van der Waals surface area (Å²) in [6.45, 7) is 0. The molecule has 0 amide bonds. The number of phenols is 1. The third-order valence-electron chi connectivity index (χ3n) is 4.34. The van der Waals surface area contributed by atoms with Gasteiger partial charge in [-0.15, -0.1) is 0 Å². The Balaban J connectivity index is 1.71. The predicted octanol–water partition coefficient (Wildman–Crippen LogP) is 5.53. The molecule has 0 spiro atoms. The summed E-state index contributed by atoms with van der Waals surface area (Å²) in [5.41, 5.74) is 0.769. The molecule has 3 aromatic carbocycles. The number of phenolic OH excluding ortho intramolecular Hbond substituents is 1. The summed E-state index contributed by atoms with van der Waals surface area (Å²) >= 11 is 3.45. The van der Waals surface area contributed by atoms with E-state index in [1.165, 1.54) is 0 Å². The molecule has 31 heavy (non-hydrogen) atoms. The number of nitro benzene ring substituents is 2. The molecule has 1 heterocycles. The van der Waals surface area contributed by atoms with E-state index in [-0.39, 0.29) is 5.56 Å². The molecule has 0 radical (unpaired) electrons. The quantitative estimate of drug-likeness (QED) is 0.223. The van der Waals surface area contributed by atoms with E-state index in [0.717, 1.165) is 22.3 Å². The molecule has 0 fully saturated rings. The highest BCUT2D eigenvalue weighted by Crippen LogP contribution is 2.34. The van der Waals surface area contributed by atoms with Crippen molar-refractivity contribution in [2.45, 2.75) is 0 Å². The van der Waals surface area contributed by atoms with E-state index in [4.69, 9.17) is 4.42 Å². The molecule has 11 heteroatoms. The summed E-state index contributed by atoms with van der Waals surface area (Å²) in [5.74, 6) is -0.298. The molecule has 154 valence electrons. The maximum Gasteiger partial charge on any atom is 0.318 e. The minimum absolute atomic E-state index is 0.157. The van der Waals surface area contributed by atoms with Crippen LogP contribution in [0, 0.1) is 20.2 Å². The predicted molar refractivity (Wildman–Crippen MR) is 116 cm³/mol. The Kier molecular flexibility index (Phi) is 5.17. The van der Waals surface area contributed by atoms with Gasteiger partial charge in [-0.2, -0.15) is 0 Å². The number of hydrogen-bond donors (Lipinski definition) is 1. The Hall–Kier alpha value is -4.12. The van der Waals surface area contributed by atoms with Crippen LogP contribution in [0.5, 0.6) is 5.75 Å². The first kappa shape index (κ1) is 20.2. The number of hydrogen-bond acceptors (Lipinski definition) is 8. The number of fused-ring (bicyclic) bond motifs is 1. The molecule has 4 aromatic rings. The molecule has 0 bridgehead atoms. The lowest BCUT2D eigenvalue weighted by molar-refractivity contribution is -0.394. The number of nitrogens with zero attached hydrogens (tertiary/aromatic N) is 4. The summed E-state index contributed by atoms with van der Waals surface area (Å²) in [6.07, 6.45) is 1.12. The molecule has 0 saturated carbocycles. The smallest absolute Gasteiger partial charge is 0.318 e. The first-order valence-corrected chi connectivity index (χ1v) is 9.48. The first-order valence-electron chi connectivity index (χ1n) is 8.69. The van der Waals surface area contributed by atoms with E-state index < -0.39 is 27.0 Å². The maximum atomic E-state index is 11.1. The lowest BCUT2D eigenvalue weighted by atomic mass is 10.1. The zero-order valence-electron chi connectivity index (χ0n) is 15.4. The van der Waals surface area contributed by atoms with E-state index in [9.17, 15) is 25.3 Å². The molecule has 4 rings (SSSR count). The first-order chi connectivity index (χ1) is 14.8. The van der Waals surface area contributed by atoms with Gasteiger partial charge in [-0.25, -0.2) is 4.98 Å². The molecule has 10 nitrogen and oxygen atoms in total. The van der Waals surface area contributed by atoms with Crippen molar-refractivity contribution in [2.24, 2.45) is 4.99 Å². The highest BCUT2D eigenvalue weighted by molar-refractivity contribution is 9.10. The van der Waals surface area contributed by atoms with Gasteiger partial charge in [0.2, 0.25) is 11.6 Å². The minimum Gasteiger partial charge on any atom is -0.502 e. The largest absolute Gasteiger partial charge is 0.502 e. The van der Waals surface area contributed by atoms with Gasteiger partial charge in [0.25, 0.3) is 5.69 Å². The van der Waals surface area contributed by atoms with Crippen molar-refractivity contribution in [2.75, 3.05) is 0 Å². The second-order valence-electron chi connectivity index (χ2n) is 6.33. The molecule has 0 atom stereocenters. The number of non-ortho nitro benzene ring substituents is 1. The average Bonchev–Trinajstić information content (AvgIpc) is 3.16. The van der Waals surface area contributed by atoms with Gasteiger partial charge in [-0.05, 0) is 46.3 Å². The maximum absolute atomic E-state index is 11.1. The van der Waals surface area contributed by atoms with Crippen molar-refractivity contribution in [1.29, 1.82) is 0 Å². The molecular formula is C20H11BrN4O6. The summed E-state index contributed by atoms with van der Waals surface area (Å²) in [7, 11) is 0. The summed E-state index contributed by atoms with van der Waals surface area (Å²) < 4.78 is 6.59. The van der Waals surface area contributed by atoms with Gasteiger partial charge >= 0.3 is 5.69 Å². The second-order valence-corrected chi connectivity index (χ2v) is 7.18. The zero-order valence-corrected chi connectivity index (χ0v) is 17.0. The number of halogens is 1. The van der Waals surface area contributed by atoms with Crippen LogP contribution in [0.25, 0.3) is 22.6 Å². The third-order valence-corrected chi connectivity index (χ3v) is 5.03. The fourth-order valence-corrected chi connectivity index (χ4v) is 3.31. The van der Waals surface area contributed by atoms with Crippen LogP contribution in [0.4, 0.5) is 17.1 Å². The van der Waals surface area contributed by atoms with Gasteiger partial charge in [-0.1, -0.05) is 12.1 Å². The topological polar surface area (TPSA) is 145 Å². The molecule has 0 aliphatic carbocycles. The third kappa shape index (κ3) is 3.98. The Bertz CT molecular complexity index is 1380. The van der Waals surface area contributed by atoms with E-state index >= 15 is 0 Å². The van der Waals surface area contributed by atoms with E-state index in [0.29, 0.717) is 28.7 Å². The Labute approximate surface area is 181 Å². The van der Waals surface area contributed by atoms with Gasteiger partial charge in [-0.3, -0.25) is 25.2 Å². The SMILES string of the molecule is O=[N+]([O-])c1cc(C=Nc2ccc3oc(-c4ccccc4Br)nc3c2)c(O)c([N+](=O)[O-])c1. The van der Waals surface area contributed by atoms with Crippen LogP contribution in [0.15, 0.2) is 68.5 Å². The van der Waals surface area contributed by atoms with Crippen LogP contribution in [-0.2, 0) is 0 Å². The van der Waals surface area contributed by atoms with Gasteiger partial charge in [0, 0.05) is 22.3 Å². The Morgan fingerprint density at radius 1 is 1.06 bits per heavy atom. The molecule has 0 aliphatic heterocycles. The van der Waals surface area contributed by atoms with Gasteiger partial charge < -0.3 is 9.52 Å². The fourth-order valence-electron chi connectivity index (χ4n) is 2.86. The van der Waals surface area contributed by atoms with Gasteiger partial charge in [0.15, 0.2) is 5.58 Å². The number of aromatic nitrogens is 1. The number of aromatic hydroxyl groups is 1. The van der Waals surface area contributed by atoms with Crippen molar-refractivity contribution in [3.05, 3.63) is 84.9 Å². The van der Waals surface area contributed by atoms with Crippen LogP contribution in [0.2, 0.25) is 0 Å². The zero-order chi connectivity index (χ0) is 22.1. The van der Waals surface area contributed by atoms with E-state index in [1.807, 2.05) is 24.3 Å². The van der Waals surface area contributed by atoms with Gasteiger partial charge in [0.05, 0.1) is 27.2 Å². The fraction of sp³-hybridized carbons (Fsp3) is 0.